The van der Waals surface area contributed by atoms with Crippen LogP contribution in [-0.2, 0) is 0 Å². The first-order valence-electron chi connectivity index (χ1n) is 13.2. The highest BCUT2D eigenvalue weighted by atomic mass is 32.2. The van der Waals surface area contributed by atoms with Crippen LogP contribution < -0.4 is 27.0 Å². The zero-order valence-electron chi connectivity index (χ0n) is 21.4. The van der Waals surface area contributed by atoms with Crippen molar-refractivity contribution in [2.24, 2.45) is 11.7 Å². The predicted octanol–water partition coefficient (Wildman–Crippen LogP) is 4.36. The third kappa shape index (κ3) is 7.08. The van der Waals surface area contributed by atoms with Gasteiger partial charge in [-0.05, 0) is 73.6 Å². The summed E-state index contributed by atoms with van der Waals surface area (Å²) in [6, 6.07) is 6.17. The maximum absolute atomic E-state index is 12.4. The van der Waals surface area contributed by atoms with Gasteiger partial charge in [0.25, 0.3) is 5.91 Å². The van der Waals surface area contributed by atoms with E-state index >= 15 is 0 Å². The molecule has 6 nitrogen and oxygen atoms in total. The van der Waals surface area contributed by atoms with E-state index in [-0.39, 0.29) is 5.91 Å². The van der Waals surface area contributed by atoms with E-state index in [2.05, 4.69) is 51.8 Å². The van der Waals surface area contributed by atoms with E-state index in [0.29, 0.717) is 30.6 Å². The fraction of sp³-hybridized carbons (Fsp3) is 0.414. The lowest BCUT2D eigenvalue weighted by Crippen LogP contribution is -2.34. The molecule has 36 heavy (non-hydrogen) atoms. The number of nitrogens with two attached hydrogens (primary N) is 1. The van der Waals surface area contributed by atoms with Gasteiger partial charge in [-0.25, -0.2) is 0 Å². The van der Waals surface area contributed by atoms with Crippen molar-refractivity contribution in [1.29, 1.82) is 0 Å². The van der Waals surface area contributed by atoms with Crippen LogP contribution in [0.3, 0.4) is 0 Å². The minimum absolute atomic E-state index is 0.0600. The smallest absolute Gasteiger partial charge is 0.251 e. The van der Waals surface area contributed by atoms with Crippen LogP contribution in [-0.4, -0.2) is 38.1 Å². The number of amides is 1. The van der Waals surface area contributed by atoms with Gasteiger partial charge >= 0.3 is 0 Å². The maximum atomic E-state index is 12.4. The van der Waals surface area contributed by atoms with Crippen molar-refractivity contribution in [3.63, 3.8) is 0 Å². The highest BCUT2D eigenvalue weighted by molar-refractivity contribution is 8.05. The van der Waals surface area contributed by atoms with Crippen LogP contribution in [0.25, 0.3) is 0 Å². The second kappa shape index (κ2) is 12.9. The fourth-order valence-corrected chi connectivity index (χ4v) is 5.36. The fourth-order valence-electron chi connectivity index (χ4n) is 4.73. The molecule has 0 bridgehead atoms. The number of carbonyl (C=O) groups excluding carboxylic acids is 1. The minimum atomic E-state index is -0.0600. The number of rotatable bonds is 6. The molecule has 4 aliphatic rings. The maximum Gasteiger partial charge on any atom is 0.251 e. The Morgan fingerprint density at radius 3 is 2.89 bits per heavy atom. The summed E-state index contributed by atoms with van der Waals surface area (Å²) in [5.74, 6) is 0.570. The molecule has 4 heterocycles. The van der Waals surface area contributed by atoms with Gasteiger partial charge in [-0.3, -0.25) is 4.79 Å². The van der Waals surface area contributed by atoms with Crippen molar-refractivity contribution in [3.8, 4) is 0 Å². The molecule has 192 valence electrons. The molecule has 0 spiro atoms. The van der Waals surface area contributed by atoms with Crippen molar-refractivity contribution < 1.29 is 4.79 Å². The Labute approximate surface area is 219 Å². The first-order valence-corrected chi connectivity index (χ1v) is 14.0. The van der Waals surface area contributed by atoms with Crippen LogP contribution in [0.5, 0.6) is 0 Å². The molecule has 1 saturated heterocycles. The molecule has 2 unspecified atom stereocenters. The first kappa shape index (κ1) is 26.2. The van der Waals surface area contributed by atoms with Crippen LogP contribution in [0, 0.1) is 5.92 Å². The predicted molar refractivity (Wildman–Crippen MR) is 150 cm³/mol. The Morgan fingerprint density at radius 2 is 2.11 bits per heavy atom. The van der Waals surface area contributed by atoms with Crippen molar-refractivity contribution in [2.75, 3.05) is 26.2 Å². The lowest BCUT2D eigenvalue weighted by molar-refractivity contribution is 0.0956. The third-order valence-corrected chi connectivity index (χ3v) is 7.74. The summed E-state index contributed by atoms with van der Waals surface area (Å²) >= 11 is 1.72. The van der Waals surface area contributed by atoms with Crippen LogP contribution in [0.4, 0.5) is 0 Å². The molecule has 1 aromatic carbocycles. The van der Waals surface area contributed by atoms with Crippen molar-refractivity contribution in [1.82, 2.24) is 21.3 Å². The zero-order chi connectivity index (χ0) is 25.3. The SMILES string of the molecule is CC.NC1=C(/C=C\C2CCC(C3=CNCC=C3)CCCN2)CNC(CNC(=O)c2ccc3c(c2)S3)=C1. The second-order valence-electron chi connectivity index (χ2n) is 9.24. The molecule has 5 rings (SSSR count). The van der Waals surface area contributed by atoms with E-state index in [1.807, 2.05) is 38.1 Å². The van der Waals surface area contributed by atoms with Gasteiger partial charge in [-0.2, -0.15) is 0 Å². The summed E-state index contributed by atoms with van der Waals surface area (Å²) in [4.78, 5) is 14.9. The van der Waals surface area contributed by atoms with E-state index in [4.69, 9.17) is 5.73 Å². The second-order valence-corrected chi connectivity index (χ2v) is 10.3. The van der Waals surface area contributed by atoms with Crippen LogP contribution in [0.2, 0.25) is 0 Å². The van der Waals surface area contributed by atoms with Crippen LogP contribution in [0.1, 0.15) is 49.9 Å². The van der Waals surface area contributed by atoms with Gasteiger partial charge in [0.1, 0.15) is 0 Å². The number of hydrogen-bond acceptors (Lipinski definition) is 6. The molecule has 1 amide bonds. The number of nitrogens with one attached hydrogen (secondary N) is 4. The number of fused-ring (bicyclic) bond motifs is 1. The standard InChI is InChI=1S/C27H33N5OS.C2H6/c28-24-14-23(17-32-27(33)19-7-10-25-26(13-19)34-25)31-16-21(24)6-9-22-8-5-18(3-2-12-30-22)20-4-1-11-29-15-20;1-2/h1,4,6-7,9-10,13-15,18,22,29-31H,2-3,5,8,11-12,16-17,28H2,(H,32,33);1-2H3/b9-6-;. The average molecular weight is 506 g/mol. The summed E-state index contributed by atoms with van der Waals surface area (Å²) in [6.07, 6.45) is 17.8. The highest BCUT2D eigenvalue weighted by Crippen LogP contribution is 2.48. The van der Waals surface area contributed by atoms with Gasteiger partial charge in [-0.15, -0.1) is 0 Å². The normalized spacial score (nSPS) is 23.1. The number of hydrogen-bond donors (Lipinski definition) is 5. The van der Waals surface area contributed by atoms with Crippen LogP contribution in [0.15, 0.2) is 87.1 Å². The largest absolute Gasteiger partial charge is 0.398 e. The molecule has 0 aromatic heterocycles. The molecular weight excluding hydrogens is 466 g/mol. The molecular formula is C29H39N5OS. The van der Waals surface area contributed by atoms with Gasteiger partial charge in [0.15, 0.2) is 0 Å². The Balaban J connectivity index is 0.00000148. The molecule has 0 aliphatic carbocycles. The summed E-state index contributed by atoms with van der Waals surface area (Å²) in [6.45, 7) is 7.07. The Bertz CT molecular complexity index is 1100. The molecule has 1 aromatic rings. The topological polar surface area (TPSA) is 91.2 Å². The zero-order valence-corrected chi connectivity index (χ0v) is 22.2. The Kier molecular flexibility index (Phi) is 9.36. The molecule has 6 N–H and O–H groups in total. The summed E-state index contributed by atoms with van der Waals surface area (Å²) < 4.78 is 0. The third-order valence-electron chi connectivity index (χ3n) is 6.81. The molecule has 0 saturated carbocycles. The Morgan fingerprint density at radius 1 is 1.22 bits per heavy atom. The van der Waals surface area contributed by atoms with Gasteiger partial charge in [0, 0.05) is 52.1 Å². The molecule has 7 heteroatoms. The molecule has 4 aliphatic heterocycles. The highest BCUT2D eigenvalue weighted by Gasteiger charge is 2.21. The summed E-state index contributed by atoms with van der Waals surface area (Å²) in [5, 5.41) is 13.4. The lowest BCUT2D eigenvalue weighted by Gasteiger charge is -2.26. The van der Waals surface area contributed by atoms with E-state index in [9.17, 15) is 4.79 Å². The van der Waals surface area contributed by atoms with E-state index < -0.39 is 0 Å². The van der Waals surface area contributed by atoms with Gasteiger partial charge < -0.3 is 27.0 Å². The monoisotopic (exact) mass is 505 g/mol. The molecule has 0 radical (unpaired) electrons. The van der Waals surface area contributed by atoms with Crippen molar-refractivity contribution >= 4 is 17.7 Å². The summed E-state index contributed by atoms with van der Waals surface area (Å²) in [5.41, 5.74) is 11.3. The molecule has 2 atom stereocenters. The number of dihydropyridines is 2. The average Bonchev–Trinajstić information content (AvgIpc) is 3.68. The number of benzene rings is 1. The van der Waals surface area contributed by atoms with Crippen molar-refractivity contribution in [3.05, 3.63) is 82.9 Å². The lowest BCUT2D eigenvalue weighted by atomic mass is 9.86. The van der Waals surface area contributed by atoms with Crippen molar-refractivity contribution in [2.45, 2.75) is 55.4 Å². The van der Waals surface area contributed by atoms with E-state index in [0.717, 1.165) is 36.5 Å². The van der Waals surface area contributed by atoms with Crippen LogP contribution >= 0.6 is 11.8 Å². The Hall–Kier alpha value is -2.90. The molecule has 1 fully saturated rings. The van der Waals surface area contributed by atoms with E-state index in [1.165, 1.54) is 34.6 Å². The number of carbonyl (C=O) groups is 1. The first-order chi connectivity index (χ1) is 17.7. The van der Waals surface area contributed by atoms with Gasteiger partial charge in [-0.1, -0.05) is 49.9 Å². The minimum Gasteiger partial charge on any atom is -0.398 e. The van der Waals surface area contributed by atoms with Gasteiger partial charge in [0.05, 0.1) is 6.54 Å². The quantitative estimate of drug-likeness (QED) is 0.375. The number of allylic oxidation sites excluding steroid dienone is 3. The van der Waals surface area contributed by atoms with Gasteiger partial charge in [0.2, 0.25) is 0 Å². The van der Waals surface area contributed by atoms with E-state index in [1.54, 1.807) is 11.8 Å². The summed E-state index contributed by atoms with van der Waals surface area (Å²) in [7, 11) is 0.